The van der Waals surface area contributed by atoms with E-state index < -0.39 is 0 Å². The molecule has 2 aromatic carbocycles. The molecule has 2 heteroatoms. The van der Waals surface area contributed by atoms with Crippen LogP contribution >= 0.6 is 0 Å². The standard InChI is InChI=1S/C17H20OSi/c1-2-3-14-19-18-17(15-10-6-4-7-11-15)16-12-8-5-9-13-16/h4-13,17H,2-3,14H2,1H3. The molecule has 19 heavy (non-hydrogen) atoms. The molecule has 2 radical (unpaired) electrons. The van der Waals surface area contributed by atoms with E-state index in [0.29, 0.717) is 9.76 Å². The van der Waals surface area contributed by atoms with Crippen LogP contribution in [0.4, 0.5) is 0 Å². The Bertz CT molecular complexity index is 416. The molecule has 1 nitrogen and oxygen atoms in total. The number of rotatable bonds is 7. The van der Waals surface area contributed by atoms with Gasteiger partial charge < -0.3 is 4.43 Å². The van der Waals surface area contributed by atoms with Gasteiger partial charge in [0.15, 0.2) is 0 Å². The molecule has 0 saturated heterocycles. The number of hydrogen-bond acceptors (Lipinski definition) is 1. The summed E-state index contributed by atoms with van der Waals surface area (Å²) in [6, 6.07) is 22.1. The van der Waals surface area contributed by atoms with Crippen molar-refractivity contribution >= 4 is 9.76 Å². The zero-order chi connectivity index (χ0) is 13.3. The first-order valence-corrected chi connectivity index (χ1v) is 8.01. The van der Waals surface area contributed by atoms with Gasteiger partial charge in [0.2, 0.25) is 9.76 Å². The van der Waals surface area contributed by atoms with Crippen LogP contribution in [0.15, 0.2) is 60.7 Å². The molecule has 0 aliphatic rings. The molecule has 0 aliphatic heterocycles. The molecule has 2 aromatic rings. The molecule has 0 heterocycles. The normalized spacial score (nSPS) is 10.8. The van der Waals surface area contributed by atoms with Crippen LogP contribution in [-0.4, -0.2) is 9.76 Å². The Balaban J connectivity index is 2.10. The first kappa shape index (κ1) is 14.0. The van der Waals surface area contributed by atoms with Crippen LogP contribution in [-0.2, 0) is 4.43 Å². The van der Waals surface area contributed by atoms with Crippen molar-refractivity contribution < 1.29 is 4.43 Å². The third kappa shape index (κ3) is 4.34. The largest absolute Gasteiger partial charge is 0.407 e. The number of hydrogen-bond donors (Lipinski definition) is 0. The predicted molar refractivity (Wildman–Crippen MR) is 81.3 cm³/mol. The van der Waals surface area contributed by atoms with Crippen LogP contribution in [0.2, 0.25) is 6.04 Å². The Morgan fingerprint density at radius 3 is 1.89 bits per heavy atom. The Labute approximate surface area is 118 Å². The lowest BCUT2D eigenvalue weighted by Gasteiger charge is -2.18. The quantitative estimate of drug-likeness (QED) is 0.525. The number of unbranched alkanes of at least 4 members (excludes halogenated alkanes) is 1. The zero-order valence-corrected chi connectivity index (χ0v) is 12.4. The highest BCUT2D eigenvalue weighted by Crippen LogP contribution is 2.25. The van der Waals surface area contributed by atoms with Crippen molar-refractivity contribution in [2.45, 2.75) is 31.9 Å². The molecule has 0 aromatic heterocycles. The summed E-state index contributed by atoms with van der Waals surface area (Å²) in [5.74, 6) is 0. The molecule has 0 fully saturated rings. The van der Waals surface area contributed by atoms with E-state index in [1.54, 1.807) is 0 Å². The van der Waals surface area contributed by atoms with Crippen LogP contribution in [0.5, 0.6) is 0 Å². The maximum atomic E-state index is 6.14. The fourth-order valence-electron chi connectivity index (χ4n) is 1.98. The van der Waals surface area contributed by atoms with Crippen molar-refractivity contribution in [2.75, 3.05) is 0 Å². The van der Waals surface area contributed by atoms with Gasteiger partial charge in [-0.15, -0.1) is 0 Å². The Hall–Kier alpha value is -1.38. The van der Waals surface area contributed by atoms with Crippen LogP contribution in [0.1, 0.15) is 37.0 Å². The summed E-state index contributed by atoms with van der Waals surface area (Å²) in [5, 5.41) is 0. The van der Waals surface area contributed by atoms with E-state index in [4.69, 9.17) is 4.43 Å². The molecular weight excluding hydrogens is 248 g/mol. The molecule has 0 saturated carbocycles. The van der Waals surface area contributed by atoms with E-state index in [-0.39, 0.29) is 6.10 Å². The Morgan fingerprint density at radius 1 is 0.895 bits per heavy atom. The minimum atomic E-state index is 0.0672. The molecule has 0 spiro atoms. The fourth-order valence-corrected chi connectivity index (χ4v) is 3.03. The maximum absolute atomic E-state index is 6.14. The van der Waals surface area contributed by atoms with Crippen LogP contribution < -0.4 is 0 Å². The first-order chi connectivity index (χ1) is 9.42. The highest BCUT2D eigenvalue weighted by Gasteiger charge is 2.13. The molecule has 0 amide bonds. The van der Waals surface area contributed by atoms with Crippen LogP contribution in [0, 0.1) is 0 Å². The molecule has 0 atom stereocenters. The van der Waals surface area contributed by atoms with Crippen molar-refractivity contribution in [3.8, 4) is 0 Å². The second-order valence-corrected chi connectivity index (χ2v) is 5.59. The Kier molecular flexibility index (Phi) is 5.85. The van der Waals surface area contributed by atoms with Gasteiger partial charge in [0.05, 0.1) is 6.10 Å². The third-order valence-corrected chi connectivity index (χ3v) is 4.00. The average Bonchev–Trinajstić information content (AvgIpc) is 2.49. The van der Waals surface area contributed by atoms with Gasteiger partial charge in [-0.2, -0.15) is 0 Å². The van der Waals surface area contributed by atoms with E-state index in [1.165, 1.54) is 24.0 Å². The summed E-state index contributed by atoms with van der Waals surface area (Å²) in [5.41, 5.74) is 2.47. The van der Waals surface area contributed by atoms with Crippen molar-refractivity contribution in [3.05, 3.63) is 71.8 Å². The topological polar surface area (TPSA) is 9.23 Å². The van der Waals surface area contributed by atoms with E-state index in [0.717, 1.165) is 6.04 Å². The SMILES string of the molecule is CCCC[Si]OC(c1ccccc1)c1ccccc1. The summed E-state index contributed by atoms with van der Waals surface area (Å²) in [6.07, 6.45) is 2.55. The lowest BCUT2D eigenvalue weighted by Crippen LogP contribution is -2.09. The van der Waals surface area contributed by atoms with Crippen molar-refractivity contribution in [3.63, 3.8) is 0 Å². The first-order valence-electron chi connectivity index (χ1n) is 6.90. The minimum absolute atomic E-state index is 0.0672. The van der Waals surface area contributed by atoms with E-state index in [1.807, 2.05) is 12.1 Å². The van der Waals surface area contributed by atoms with Crippen LogP contribution in [0.3, 0.4) is 0 Å². The molecule has 2 rings (SSSR count). The maximum Gasteiger partial charge on any atom is 0.231 e. The van der Waals surface area contributed by atoms with E-state index >= 15 is 0 Å². The second kappa shape index (κ2) is 7.92. The molecular formula is C17H20OSi. The molecule has 0 aliphatic carbocycles. The van der Waals surface area contributed by atoms with Gasteiger partial charge in [0.1, 0.15) is 0 Å². The molecule has 0 unspecified atom stereocenters. The summed E-state index contributed by atoms with van der Waals surface area (Å²) >= 11 is 0. The molecule has 0 bridgehead atoms. The smallest absolute Gasteiger partial charge is 0.231 e. The van der Waals surface area contributed by atoms with Gasteiger partial charge in [-0.05, 0) is 17.2 Å². The lowest BCUT2D eigenvalue weighted by atomic mass is 10.0. The van der Waals surface area contributed by atoms with Gasteiger partial charge in [-0.1, -0.05) is 80.4 Å². The van der Waals surface area contributed by atoms with Gasteiger partial charge in [-0.25, -0.2) is 0 Å². The Morgan fingerprint density at radius 2 is 1.42 bits per heavy atom. The highest BCUT2D eigenvalue weighted by molar-refractivity contribution is 6.27. The number of benzene rings is 2. The van der Waals surface area contributed by atoms with Gasteiger partial charge in [-0.3, -0.25) is 0 Å². The monoisotopic (exact) mass is 268 g/mol. The summed E-state index contributed by atoms with van der Waals surface area (Å²) in [7, 11) is 0.570. The summed E-state index contributed by atoms with van der Waals surface area (Å²) in [6.45, 7) is 2.22. The second-order valence-electron chi connectivity index (χ2n) is 4.57. The van der Waals surface area contributed by atoms with Gasteiger partial charge >= 0.3 is 0 Å². The van der Waals surface area contributed by atoms with Gasteiger partial charge in [0.25, 0.3) is 0 Å². The van der Waals surface area contributed by atoms with Crippen molar-refractivity contribution in [1.29, 1.82) is 0 Å². The molecule has 0 N–H and O–H groups in total. The summed E-state index contributed by atoms with van der Waals surface area (Å²) < 4.78 is 6.14. The van der Waals surface area contributed by atoms with Crippen LogP contribution in [0.25, 0.3) is 0 Å². The fraction of sp³-hybridized carbons (Fsp3) is 0.294. The van der Waals surface area contributed by atoms with Gasteiger partial charge in [0, 0.05) is 0 Å². The van der Waals surface area contributed by atoms with Crippen molar-refractivity contribution in [1.82, 2.24) is 0 Å². The van der Waals surface area contributed by atoms with E-state index in [2.05, 4.69) is 55.5 Å². The van der Waals surface area contributed by atoms with E-state index in [9.17, 15) is 0 Å². The summed E-state index contributed by atoms with van der Waals surface area (Å²) in [4.78, 5) is 0. The average molecular weight is 268 g/mol. The lowest BCUT2D eigenvalue weighted by molar-refractivity contribution is 0.260. The molecule has 98 valence electrons. The third-order valence-electron chi connectivity index (χ3n) is 3.04. The zero-order valence-electron chi connectivity index (χ0n) is 11.4. The van der Waals surface area contributed by atoms with Crippen molar-refractivity contribution in [2.24, 2.45) is 0 Å². The minimum Gasteiger partial charge on any atom is -0.407 e. The highest BCUT2D eigenvalue weighted by atomic mass is 28.2. The predicted octanol–water partition coefficient (Wildman–Crippen LogP) is 4.63.